The molecule has 3 aromatic rings. The van der Waals surface area contributed by atoms with E-state index >= 15 is 0 Å². The van der Waals surface area contributed by atoms with E-state index < -0.39 is 0 Å². The largest absolute Gasteiger partial charge is 0.497 e. The molecule has 2 aromatic carbocycles. The molecule has 0 unspecified atom stereocenters. The smallest absolute Gasteiger partial charge is 0.336 e. The van der Waals surface area contributed by atoms with Gasteiger partial charge in [0.15, 0.2) is 0 Å². The Morgan fingerprint density at radius 1 is 1.11 bits per heavy atom. The summed E-state index contributed by atoms with van der Waals surface area (Å²) in [5, 5.41) is 3.75. The van der Waals surface area contributed by atoms with Crippen molar-refractivity contribution >= 4 is 22.6 Å². The molecule has 0 bridgehead atoms. The van der Waals surface area contributed by atoms with Crippen LogP contribution in [0.5, 0.6) is 5.75 Å². The van der Waals surface area contributed by atoms with Crippen molar-refractivity contribution in [1.29, 1.82) is 0 Å². The van der Waals surface area contributed by atoms with Crippen molar-refractivity contribution < 1.29 is 13.9 Å². The molecule has 3 rings (SSSR count). The zero-order chi connectivity index (χ0) is 20.3. The molecule has 1 heterocycles. The number of benzene rings is 2. The molecule has 0 radical (unpaired) electrons. The summed E-state index contributed by atoms with van der Waals surface area (Å²) in [7, 11) is 3.44. The van der Waals surface area contributed by atoms with Crippen LogP contribution >= 0.6 is 0 Å². The van der Waals surface area contributed by atoms with Gasteiger partial charge in [-0.05, 0) is 74.0 Å². The molecule has 6 nitrogen and oxygen atoms in total. The highest BCUT2D eigenvalue weighted by Gasteiger charge is 2.12. The minimum Gasteiger partial charge on any atom is -0.497 e. The lowest BCUT2D eigenvalue weighted by Crippen LogP contribution is -2.30. The van der Waals surface area contributed by atoms with Crippen molar-refractivity contribution in [2.24, 2.45) is 0 Å². The van der Waals surface area contributed by atoms with Crippen molar-refractivity contribution in [3.8, 4) is 5.75 Å². The number of nitrogens with zero attached hydrogens (tertiary/aromatic N) is 1. The highest BCUT2D eigenvalue weighted by molar-refractivity contribution is 5.92. The maximum absolute atomic E-state index is 12.3. The molecule has 0 saturated heterocycles. The minimum absolute atomic E-state index is 0.132. The Hall–Kier alpha value is -3.12. The summed E-state index contributed by atoms with van der Waals surface area (Å²) in [5.41, 5.74) is 3.93. The fraction of sp³-hybridized carbons (Fsp3) is 0.273. The van der Waals surface area contributed by atoms with Crippen molar-refractivity contribution in [1.82, 2.24) is 4.90 Å². The molecule has 28 heavy (non-hydrogen) atoms. The van der Waals surface area contributed by atoms with Crippen LogP contribution in [0.3, 0.4) is 0 Å². The van der Waals surface area contributed by atoms with Gasteiger partial charge in [-0.15, -0.1) is 0 Å². The molecule has 0 spiro atoms. The number of anilines is 1. The number of methoxy groups -OCH3 is 1. The van der Waals surface area contributed by atoms with E-state index in [-0.39, 0.29) is 18.1 Å². The van der Waals surface area contributed by atoms with E-state index in [2.05, 4.69) is 5.32 Å². The van der Waals surface area contributed by atoms with Gasteiger partial charge in [0.2, 0.25) is 5.91 Å². The Labute approximate surface area is 163 Å². The maximum atomic E-state index is 12.3. The van der Waals surface area contributed by atoms with E-state index in [1.165, 1.54) is 6.07 Å². The molecule has 0 atom stereocenters. The van der Waals surface area contributed by atoms with Gasteiger partial charge in [-0.3, -0.25) is 9.69 Å². The standard InChI is InChI=1S/C22H24N2O4/c1-14-9-19-16(11-22(26)28-20(19)10-15(14)2)12-24(3)13-21(25)23-17-5-7-18(27-4)8-6-17/h5-11H,12-13H2,1-4H3,(H,23,25). The Bertz CT molecular complexity index is 1050. The Morgan fingerprint density at radius 2 is 1.79 bits per heavy atom. The van der Waals surface area contributed by atoms with Gasteiger partial charge in [-0.1, -0.05) is 0 Å². The third-order valence-corrected chi connectivity index (χ3v) is 4.67. The number of carbonyl (C=O) groups is 1. The summed E-state index contributed by atoms with van der Waals surface area (Å²) in [4.78, 5) is 26.1. The lowest BCUT2D eigenvalue weighted by atomic mass is 10.0. The summed E-state index contributed by atoms with van der Waals surface area (Å²) in [6.07, 6.45) is 0. The van der Waals surface area contributed by atoms with Crippen molar-refractivity contribution in [2.45, 2.75) is 20.4 Å². The summed E-state index contributed by atoms with van der Waals surface area (Å²) in [5.74, 6) is 0.599. The van der Waals surface area contributed by atoms with Crippen LogP contribution in [0.2, 0.25) is 0 Å². The number of likely N-dealkylation sites (N-methyl/N-ethyl adjacent to an activating group) is 1. The molecule has 0 aliphatic carbocycles. The second-order valence-electron chi connectivity index (χ2n) is 6.97. The van der Waals surface area contributed by atoms with Crippen LogP contribution in [0, 0.1) is 13.8 Å². The first kappa shape index (κ1) is 19.6. The molecule has 146 valence electrons. The van der Waals surface area contributed by atoms with Gasteiger partial charge in [-0.2, -0.15) is 0 Å². The average Bonchev–Trinajstić information content (AvgIpc) is 2.63. The topological polar surface area (TPSA) is 71.8 Å². The first-order chi connectivity index (χ1) is 13.4. The van der Waals surface area contributed by atoms with Crippen molar-refractivity contribution in [3.63, 3.8) is 0 Å². The molecule has 1 amide bonds. The number of aryl methyl sites for hydroxylation is 2. The number of hydrogen-bond acceptors (Lipinski definition) is 5. The van der Waals surface area contributed by atoms with Gasteiger partial charge in [0.25, 0.3) is 0 Å². The molecule has 1 aromatic heterocycles. The zero-order valence-electron chi connectivity index (χ0n) is 16.5. The zero-order valence-corrected chi connectivity index (χ0v) is 16.5. The first-order valence-corrected chi connectivity index (χ1v) is 9.02. The predicted octanol–water partition coefficient (Wildman–Crippen LogP) is 3.49. The number of nitrogens with one attached hydrogen (secondary N) is 1. The lowest BCUT2D eigenvalue weighted by molar-refractivity contribution is -0.117. The SMILES string of the molecule is COc1ccc(NC(=O)CN(C)Cc2cc(=O)oc3cc(C)c(C)cc23)cc1. The van der Waals surface area contributed by atoms with Crippen LogP contribution in [-0.2, 0) is 11.3 Å². The van der Waals surface area contributed by atoms with Crippen LogP contribution in [0.4, 0.5) is 5.69 Å². The van der Waals surface area contributed by atoms with Crippen molar-refractivity contribution in [3.05, 3.63) is 69.6 Å². The molecule has 1 N–H and O–H groups in total. The molecule has 0 aliphatic rings. The normalized spacial score (nSPS) is 11.0. The van der Waals surface area contributed by atoms with Crippen LogP contribution in [0.25, 0.3) is 11.0 Å². The fourth-order valence-corrected chi connectivity index (χ4v) is 3.08. The molecule has 0 aliphatic heterocycles. The summed E-state index contributed by atoms with van der Waals surface area (Å²) >= 11 is 0. The fourth-order valence-electron chi connectivity index (χ4n) is 3.08. The van der Waals surface area contributed by atoms with Gasteiger partial charge in [0, 0.05) is 23.7 Å². The van der Waals surface area contributed by atoms with E-state index in [0.29, 0.717) is 17.8 Å². The second kappa shape index (κ2) is 8.27. The van der Waals surface area contributed by atoms with E-state index in [1.807, 2.05) is 37.9 Å². The van der Waals surface area contributed by atoms with Crippen molar-refractivity contribution in [2.75, 3.05) is 26.0 Å². The van der Waals surface area contributed by atoms with E-state index in [1.54, 1.807) is 31.4 Å². The number of carbonyl (C=O) groups excluding carboxylic acids is 1. The van der Waals surface area contributed by atoms with Gasteiger partial charge in [0.1, 0.15) is 11.3 Å². The average molecular weight is 380 g/mol. The van der Waals surface area contributed by atoms with Gasteiger partial charge in [0.05, 0.1) is 13.7 Å². The third kappa shape index (κ3) is 4.58. The summed E-state index contributed by atoms with van der Waals surface area (Å²) < 4.78 is 10.4. The van der Waals surface area contributed by atoms with Crippen LogP contribution < -0.4 is 15.7 Å². The minimum atomic E-state index is -0.387. The number of ether oxygens (including phenoxy) is 1. The monoisotopic (exact) mass is 380 g/mol. The quantitative estimate of drug-likeness (QED) is 0.663. The number of hydrogen-bond donors (Lipinski definition) is 1. The van der Waals surface area contributed by atoms with Crippen LogP contribution in [-0.4, -0.2) is 31.5 Å². The molecular weight excluding hydrogens is 356 g/mol. The molecule has 0 saturated carbocycles. The molecular formula is C22H24N2O4. The van der Waals surface area contributed by atoms with E-state index in [4.69, 9.17) is 9.15 Å². The lowest BCUT2D eigenvalue weighted by Gasteiger charge is -2.17. The molecule has 0 fully saturated rings. The Balaban J connectivity index is 1.71. The van der Waals surface area contributed by atoms with E-state index in [0.717, 1.165) is 27.8 Å². The third-order valence-electron chi connectivity index (χ3n) is 4.67. The van der Waals surface area contributed by atoms with Crippen LogP contribution in [0.15, 0.2) is 51.7 Å². The van der Waals surface area contributed by atoms with Crippen LogP contribution in [0.1, 0.15) is 16.7 Å². The van der Waals surface area contributed by atoms with Gasteiger partial charge >= 0.3 is 5.63 Å². The second-order valence-corrected chi connectivity index (χ2v) is 6.97. The Kier molecular flexibility index (Phi) is 5.80. The van der Waals surface area contributed by atoms with Gasteiger partial charge in [-0.25, -0.2) is 4.79 Å². The molecule has 6 heteroatoms. The Morgan fingerprint density at radius 3 is 2.46 bits per heavy atom. The first-order valence-electron chi connectivity index (χ1n) is 9.02. The number of amides is 1. The highest BCUT2D eigenvalue weighted by atomic mass is 16.5. The number of fused-ring (bicyclic) bond motifs is 1. The van der Waals surface area contributed by atoms with E-state index in [9.17, 15) is 9.59 Å². The number of rotatable bonds is 6. The maximum Gasteiger partial charge on any atom is 0.336 e. The summed E-state index contributed by atoms with van der Waals surface area (Å²) in [6, 6.07) is 12.6. The van der Waals surface area contributed by atoms with Gasteiger partial charge < -0.3 is 14.5 Å². The highest BCUT2D eigenvalue weighted by Crippen LogP contribution is 2.22. The predicted molar refractivity (Wildman–Crippen MR) is 110 cm³/mol. The summed E-state index contributed by atoms with van der Waals surface area (Å²) in [6.45, 7) is 4.66.